The van der Waals surface area contributed by atoms with Crippen molar-refractivity contribution in [3.63, 3.8) is 0 Å². The first-order chi connectivity index (χ1) is 7.67. The Morgan fingerprint density at radius 3 is 2.44 bits per heavy atom. The van der Waals surface area contributed by atoms with Crippen molar-refractivity contribution in [3.05, 3.63) is 41.5 Å². The Morgan fingerprint density at radius 2 is 2.00 bits per heavy atom. The topological polar surface area (TPSA) is 29.1 Å². The average Bonchev–Trinajstić information content (AvgIpc) is 2.28. The highest BCUT2D eigenvalue weighted by molar-refractivity contribution is 5.81. The van der Waals surface area contributed by atoms with E-state index in [0.29, 0.717) is 0 Å². The van der Waals surface area contributed by atoms with E-state index in [4.69, 9.17) is 0 Å². The second-order valence-electron chi connectivity index (χ2n) is 3.90. The number of benzene rings is 1. The molecule has 1 aromatic rings. The van der Waals surface area contributed by atoms with Gasteiger partial charge in [0.05, 0.1) is 6.04 Å². The van der Waals surface area contributed by atoms with Gasteiger partial charge in [0.2, 0.25) is 0 Å². The van der Waals surface area contributed by atoms with Crippen LogP contribution in [0.3, 0.4) is 0 Å². The van der Waals surface area contributed by atoms with Crippen molar-refractivity contribution in [3.8, 4) is 0 Å². The molecule has 16 heavy (non-hydrogen) atoms. The van der Waals surface area contributed by atoms with E-state index < -0.39 is 0 Å². The summed E-state index contributed by atoms with van der Waals surface area (Å²) in [5, 5.41) is 3.03. The Kier molecular flexibility index (Phi) is 4.93. The van der Waals surface area contributed by atoms with Gasteiger partial charge in [-0.05, 0) is 38.4 Å². The summed E-state index contributed by atoms with van der Waals surface area (Å²) < 4.78 is 0. The molecule has 0 amide bonds. The summed E-state index contributed by atoms with van der Waals surface area (Å²) in [7, 11) is 1.82. The van der Waals surface area contributed by atoms with Gasteiger partial charge in [-0.3, -0.25) is 4.79 Å². The molecular formula is C14H19NO. The summed E-state index contributed by atoms with van der Waals surface area (Å²) in [6, 6.07) is 8.21. The highest BCUT2D eigenvalue weighted by atomic mass is 16.1. The standard InChI is InChI=1S/C14H19NO/c1-4-5-12-6-8-13(9-7-12)10-14(15-3)11(2)16/h4-9,14-15H,10H2,1-3H3/b5-4+/t14-/m0/s1. The molecule has 0 aliphatic heterocycles. The fourth-order valence-electron chi connectivity index (χ4n) is 1.64. The third kappa shape index (κ3) is 3.63. The Morgan fingerprint density at radius 1 is 1.38 bits per heavy atom. The predicted octanol–water partition coefficient (Wildman–Crippen LogP) is 2.44. The van der Waals surface area contributed by atoms with E-state index in [0.717, 1.165) is 6.42 Å². The number of likely N-dealkylation sites (N-methyl/N-ethyl adjacent to an activating group) is 1. The molecule has 0 spiro atoms. The van der Waals surface area contributed by atoms with Gasteiger partial charge in [-0.1, -0.05) is 36.4 Å². The number of carbonyl (C=O) groups is 1. The summed E-state index contributed by atoms with van der Waals surface area (Å²) in [6.45, 7) is 3.62. The molecule has 0 fully saturated rings. The van der Waals surface area contributed by atoms with E-state index >= 15 is 0 Å². The minimum absolute atomic E-state index is 0.0763. The van der Waals surface area contributed by atoms with Gasteiger partial charge in [0.15, 0.2) is 0 Å². The quantitative estimate of drug-likeness (QED) is 0.820. The molecule has 0 unspecified atom stereocenters. The fraction of sp³-hybridized carbons (Fsp3) is 0.357. The monoisotopic (exact) mass is 217 g/mol. The third-order valence-electron chi connectivity index (χ3n) is 2.62. The molecule has 0 heterocycles. The minimum atomic E-state index is -0.0763. The average molecular weight is 217 g/mol. The summed E-state index contributed by atoms with van der Waals surface area (Å²) in [4.78, 5) is 11.3. The van der Waals surface area contributed by atoms with Crippen LogP contribution in [-0.2, 0) is 11.2 Å². The number of allylic oxidation sites excluding steroid dienone is 1. The van der Waals surface area contributed by atoms with Gasteiger partial charge in [0.1, 0.15) is 5.78 Å². The van der Waals surface area contributed by atoms with Crippen LogP contribution in [0.5, 0.6) is 0 Å². The van der Waals surface area contributed by atoms with Crippen molar-refractivity contribution in [1.29, 1.82) is 0 Å². The molecular weight excluding hydrogens is 198 g/mol. The van der Waals surface area contributed by atoms with Gasteiger partial charge >= 0.3 is 0 Å². The lowest BCUT2D eigenvalue weighted by atomic mass is 10.0. The Bertz CT molecular complexity index is 365. The van der Waals surface area contributed by atoms with Crippen molar-refractivity contribution >= 4 is 11.9 Å². The molecule has 0 saturated heterocycles. The smallest absolute Gasteiger partial charge is 0.147 e. The second-order valence-corrected chi connectivity index (χ2v) is 3.90. The van der Waals surface area contributed by atoms with E-state index in [-0.39, 0.29) is 11.8 Å². The largest absolute Gasteiger partial charge is 0.310 e. The van der Waals surface area contributed by atoms with Crippen LogP contribution in [0.2, 0.25) is 0 Å². The number of ketones is 1. The van der Waals surface area contributed by atoms with E-state index in [2.05, 4.69) is 35.7 Å². The first-order valence-electron chi connectivity index (χ1n) is 5.56. The van der Waals surface area contributed by atoms with Crippen molar-refractivity contribution in [1.82, 2.24) is 5.32 Å². The summed E-state index contributed by atoms with van der Waals surface area (Å²) >= 11 is 0. The number of rotatable bonds is 5. The Hall–Kier alpha value is -1.41. The van der Waals surface area contributed by atoms with Crippen LogP contribution in [0.25, 0.3) is 6.08 Å². The molecule has 1 rings (SSSR count). The van der Waals surface area contributed by atoms with Crippen molar-refractivity contribution < 1.29 is 4.79 Å². The highest BCUT2D eigenvalue weighted by Crippen LogP contribution is 2.08. The SMILES string of the molecule is C/C=C/c1ccc(C[C@H](NC)C(C)=O)cc1. The lowest BCUT2D eigenvalue weighted by molar-refractivity contribution is -0.118. The number of carbonyl (C=O) groups excluding carboxylic acids is 1. The molecule has 1 atom stereocenters. The first kappa shape index (κ1) is 12.7. The lowest BCUT2D eigenvalue weighted by Crippen LogP contribution is -2.34. The maximum atomic E-state index is 11.3. The molecule has 86 valence electrons. The van der Waals surface area contributed by atoms with Crippen LogP contribution in [-0.4, -0.2) is 18.9 Å². The maximum Gasteiger partial charge on any atom is 0.147 e. The Balaban J connectivity index is 2.71. The van der Waals surface area contributed by atoms with E-state index in [1.807, 2.05) is 20.0 Å². The van der Waals surface area contributed by atoms with Crippen LogP contribution in [0, 0.1) is 0 Å². The van der Waals surface area contributed by atoms with Crippen LogP contribution in [0.15, 0.2) is 30.3 Å². The van der Waals surface area contributed by atoms with Crippen molar-refractivity contribution in [2.45, 2.75) is 26.3 Å². The van der Waals surface area contributed by atoms with Gasteiger partial charge in [0, 0.05) is 0 Å². The fourth-order valence-corrected chi connectivity index (χ4v) is 1.64. The lowest BCUT2D eigenvalue weighted by Gasteiger charge is -2.12. The number of Topliss-reactive ketones (excluding diaryl/α,β-unsaturated/α-hetero) is 1. The summed E-state index contributed by atoms with van der Waals surface area (Å²) in [5.74, 6) is 0.181. The molecule has 0 aliphatic carbocycles. The molecule has 0 aliphatic rings. The number of nitrogens with one attached hydrogen (secondary N) is 1. The minimum Gasteiger partial charge on any atom is -0.310 e. The van der Waals surface area contributed by atoms with Gasteiger partial charge in [-0.25, -0.2) is 0 Å². The van der Waals surface area contributed by atoms with Crippen molar-refractivity contribution in [2.24, 2.45) is 0 Å². The zero-order valence-corrected chi connectivity index (χ0v) is 10.2. The van der Waals surface area contributed by atoms with Gasteiger partial charge in [-0.15, -0.1) is 0 Å². The molecule has 0 saturated carbocycles. The maximum absolute atomic E-state index is 11.3. The van der Waals surface area contributed by atoms with E-state index in [9.17, 15) is 4.79 Å². The molecule has 0 bridgehead atoms. The second kappa shape index (κ2) is 6.23. The normalized spacial score (nSPS) is 12.9. The molecule has 1 aromatic carbocycles. The number of hydrogen-bond donors (Lipinski definition) is 1. The Labute approximate surface area is 97.4 Å². The van der Waals surface area contributed by atoms with E-state index in [1.54, 1.807) is 6.92 Å². The molecule has 2 heteroatoms. The zero-order valence-electron chi connectivity index (χ0n) is 10.2. The van der Waals surface area contributed by atoms with Gasteiger partial charge < -0.3 is 5.32 Å². The number of hydrogen-bond acceptors (Lipinski definition) is 2. The molecule has 0 aromatic heterocycles. The zero-order chi connectivity index (χ0) is 12.0. The molecule has 1 N–H and O–H groups in total. The van der Waals surface area contributed by atoms with Crippen LogP contribution < -0.4 is 5.32 Å². The summed E-state index contributed by atoms with van der Waals surface area (Å²) in [6.07, 6.45) is 4.83. The third-order valence-corrected chi connectivity index (χ3v) is 2.62. The predicted molar refractivity (Wildman–Crippen MR) is 68.4 cm³/mol. The molecule has 2 nitrogen and oxygen atoms in total. The van der Waals surface area contributed by atoms with Crippen LogP contribution >= 0.6 is 0 Å². The van der Waals surface area contributed by atoms with Gasteiger partial charge in [0.25, 0.3) is 0 Å². The van der Waals surface area contributed by atoms with E-state index in [1.165, 1.54) is 11.1 Å². The highest BCUT2D eigenvalue weighted by Gasteiger charge is 2.11. The van der Waals surface area contributed by atoms with Gasteiger partial charge in [-0.2, -0.15) is 0 Å². The van der Waals surface area contributed by atoms with Crippen molar-refractivity contribution in [2.75, 3.05) is 7.05 Å². The first-order valence-corrected chi connectivity index (χ1v) is 5.56. The van der Waals surface area contributed by atoms with Crippen LogP contribution in [0.1, 0.15) is 25.0 Å². The summed E-state index contributed by atoms with van der Waals surface area (Å²) in [5.41, 5.74) is 2.37. The van der Waals surface area contributed by atoms with Crippen LogP contribution in [0.4, 0.5) is 0 Å². The molecule has 0 radical (unpaired) electrons.